The number of carbonyl (C=O) groups excluding carboxylic acids is 1. The third-order valence-electron chi connectivity index (χ3n) is 4.65. The van der Waals surface area contributed by atoms with E-state index in [2.05, 4.69) is 25.6 Å². The second-order valence-electron chi connectivity index (χ2n) is 6.43. The number of carbonyl (C=O) groups is 1. The van der Waals surface area contributed by atoms with Crippen molar-refractivity contribution in [2.24, 2.45) is 0 Å². The highest BCUT2D eigenvalue weighted by Crippen LogP contribution is 2.25. The van der Waals surface area contributed by atoms with Crippen LogP contribution in [0.1, 0.15) is 34.6 Å². The normalized spacial score (nSPS) is 11.1. The van der Waals surface area contributed by atoms with Crippen LogP contribution in [-0.4, -0.2) is 30.9 Å². The number of amides is 1. The van der Waals surface area contributed by atoms with E-state index >= 15 is 0 Å². The Kier molecular flexibility index (Phi) is 4.60. The van der Waals surface area contributed by atoms with E-state index in [0.717, 1.165) is 16.5 Å². The van der Waals surface area contributed by atoms with Crippen molar-refractivity contribution in [3.8, 4) is 11.6 Å². The van der Waals surface area contributed by atoms with Gasteiger partial charge in [-0.2, -0.15) is 5.10 Å². The average molecular weight is 376 g/mol. The number of hydrogen-bond donors (Lipinski definition) is 1. The van der Waals surface area contributed by atoms with Gasteiger partial charge in [0, 0.05) is 23.8 Å². The van der Waals surface area contributed by atoms with Crippen LogP contribution in [-0.2, 0) is 13.1 Å². The average Bonchev–Trinajstić information content (AvgIpc) is 3.29. The molecule has 1 aromatic carbocycles. The van der Waals surface area contributed by atoms with Crippen LogP contribution in [0.25, 0.3) is 22.4 Å². The molecule has 0 aliphatic heterocycles. The Labute approximate surface area is 161 Å². The topological polar surface area (TPSA) is 98.7 Å². The molecule has 142 valence electrons. The van der Waals surface area contributed by atoms with Crippen LogP contribution in [0, 0.1) is 13.8 Å². The zero-order valence-electron chi connectivity index (χ0n) is 15.9. The number of hydrogen-bond acceptors (Lipinski definition) is 6. The number of benzene rings is 1. The smallest absolute Gasteiger partial charge is 0.266 e. The summed E-state index contributed by atoms with van der Waals surface area (Å²) in [6.45, 7) is 6.54. The molecule has 1 N–H and O–H groups in total. The first-order valence-corrected chi connectivity index (χ1v) is 9.07. The number of pyridine rings is 1. The number of aromatic nitrogens is 5. The van der Waals surface area contributed by atoms with Gasteiger partial charge in [-0.25, -0.2) is 0 Å². The molecule has 0 fully saturated rings. The number of aryl methyl sites for hydroxylation is 2. The quantitative estimate of drug-likeness (QED) is 0.575. The van der Waals surface area contributed by atoms with E-state index < -0.39 is 0 Å². The molecule has 3 heterocycles. The Morgan fingerprint density at radius 3 is 2.79 bits per heavy atom. The van der Waals surface area contributed by atoms with Gasteiger partial charge >= 0.3 is 0 Å². The molecule has 4 rings (SSSR count). The lowest BCUT2D eigenvalue weighted by Gasteiger charge is -2.04. The maximum atomic E-state index is 12.6. The molecule has 0 saturated heterocycles. The number of nitrogens with one attached hydrogen (secondary N) is 1. The van der Waals surface area contributed by atoms with Gasteiger partial charge in [0.15, 0.2) is 0 Å². The highest BCUT2D eigenvalue weighted by atomic mass is 16.4. The Morgan fingerprint density at radius 2 is 2.00 bits per heavy atom. The first-order valence-electron chi connectivity index (χ1n) is 9.07. The largest absolute Gasteiger partial charge is 0.417 e. The summed E-state index contributed by atoms with van der Waals surface area (Å²) < 4.78 is 7.54. The van der Waals surface area contributed by atoms with Gasteiger partial charge in [0.05, 0.1) is 17.8 Å². The van der Waals surface area contributed by atoms with Crippen LogP contribution in [0.5, 0.6) is 0 Å². The highest BCUT2D eigenvalue weighted by Gasteiger charge is 2.19. The van der Waals surface area contributed by atoms with Crippen molar-refractivity contribution in [3.63, 3.8) is 0 Å². The van der Waals surface area contributed by atoms with Gasteiger partial charge in [-0.3, -0.25) is 14.5 Å². The number of rotatable bonds is 5. The molecule has 8 nitrogen and oxygen atoms in total. The Morgan fingerprint density at radius 1 is 1.18 bits per heavy atom. The van der Waals surface area contributed by atoms with Crippen molar-refractivity contribution >= 4 is 16.7 Å². The molecular formula is C20H20N6O2. The molecule has 0 spiro atoms. The van der Waals surface area contributed by atoms with E-state index in [1.54, 1.807) is 10.9 Å². The minimum atomic E-state index is -0.210. The summed E-state index contributed by atoms with van der Waals surface area (Å²) in [6.07, 6.45) is 1.71. The third-order valence-corrected chi connectivity index (χ3v) is 4.65. The minimum Gasteiger partial charge on any atom is -0.417 e. The molecule has 4 aromatic rings. The van der Waals surface area contributed by atoms with Gasteiger partial charge in [-0.05, 0) is 32.2 Å². The van der Waals surface area contributed by atoms with Crippen molar-refractivity contribution in [1.29, 1.82) is 0 Å². The predicted molar refractivity (Wildman–Crippen MR) is 104 cm³/mol. The Hall–Kier alpha value is -3.55. The monoisotopic (exact) mass is 376 g/mol. The molecule has 0 radical (unpaired) electrons. The lowest BCUT2D eigenvalue weighted by molar-refractivity contribution is 0.0946. The molecule has 1 amide bonds. The van der Waals surface area contributed by atoms with Gasteiger partial charge in [0.25, 0.3) is 11.8 Å². The summed E-state index contributed by atoms with van der Waals surface area (Å²) in [4.78, 5) is 16.9. The fraction of sp³-hybridized carbons (Fsp3) is 0.250. The third kappa shape index (κ3) is 3.13. The maximum Gasteiger partial charge on any atom is 0.266 e. The zero-order valence-corrected chi connectivity index (χ0v) is 15.9. The van der Waals surface area contributed by atoms with Crippen molar-refractivity contribution in [1.82, 2.24) is 30.3 Å². The predicted octanol–water partition coefficient (Wildman–Crippen LogP) is 3.05. The summed E-state index contributed by atoms with van der Waals surface area (Å²) >= 11 is 0. The summed E-state index contributed by atoms with van der Waals surface area (Å²) in [5.74, 6) is 0.432. The fourth-order valence-electron chi connectivity index (χ4n) is 3.29. The molecule has 0 saturated carbocycles. The SMILES string of the molecule is CCn1nc(C)c(C(=O)NCc2nnc(-c3nccc4ccccc34)o2)c1C. The summed E-state index contributed by atoms with van der Waals surface area (Å²) in [5, 5.41) is 17.3. The lowest BCUT2D eigenvalue weighted by atomic mass is 10.1. The van der Waals surface area contributed by atoms with E-state index in [0.29, 0.717) is 35.3 Å². The van der Waals surface area contributed by atoms with Crippen molar-refractivity contribution in [2.75, 3.05) is 0 Å². The van der Waals surface area contributed by atoms with E-state index in [-0.39, 0.29) is 12.5 Å². The second-order valence-corrected chi connectivity index (χ2v) is 6.43. The molecule has 0 aliphatic rings. The molecule has 28 heavy (non-hydrogen) atoms. The summed E-state index contributed by atoms with van der Waals surface area (Å²) in [6, 6.07) is 9.79. The molecule has 0 atom stereocenters. The molecule has 0 unspecified atom stereocenters. The number of fused-ring (bicyclic) bond motifs is 1. The Balaban J connectivity index is 1.53. The van der Waals surface area contributed by atoms with Crippen LogP contribution in [0.15, 0.2) is 40.9 Å². The van der Waals surface area contributed by atoms with Crippen LogP contribution in [0.2, 0.25) is 0 Å². The minimum absolute atomic E-state index is 0.132. The van der Waals surface area contributed by atoms with E-state index in [1.807, 2.05) is 51.1 Å². The first-order chi connectivity index (χ1) is 13.6. The molecular weight excluding hydrogens is 356 g/mol. The van der Waals surface area contributed by atoms with Crippen LogP contribution in [0.3, 0.4) is 0 Å². The van der Waals surface area contributed by atoms with Gasteiger partial charge in [0.1, 0.15) is 5.69 Å². The maximum absolute atomic E-state index is 12.6. The van der Waals surface area contributed by atoms with Gasteiger partial charge in [0.2, 0.25) is 5.89 Å². The van der Waals surface area contributed by atoms with Crippen LogP contribution < -0.4 is 5.32 Å². The van der Waals surface area contributed by atoms with E-state index in [4.69, 9.17) is 4.42 Å². The van der Waals surface area contributed by atoms with Crippen LogP contribution >= 0.6 is 0 Å². The first kappa shape index (κ1) is 17.8. The van der Waals surface area contributed by atoms with Crippen molar-refractivity contribution in [2.45, 2.75) is 33.9 Å². The molecule has 0 aliphatic carbocycles. The summed E-state index contributed by atoms with van der Waals surface area (Å²) in [7, 11) is 0. The van der Waals surface area contributed by atoms with Crippen molar-refractivity contribution < 1.29 is 9.21 Å². The van der Waals surface area contributed by atoms with E-state index in [1.165, 1.54) is 0 Å². The van der Waals surface area contributed by atoms with E-state index in [9.17, 15) is 4.79 Å². The highest BCUT2D eigenvalue weighted by molar-refractivity contribution is 5.96. The summed E-state index contributed by atoms with van der Waals surface area (Å²) in [5.41, 5.74) is 2.74. The molecule has 8 heteroatoms. The zero-order chi connectivity index (χ0) is 19.7. The lowest BCUT2D eigenvalue weighted by Crippen LogP contribution is -2.24. The van der Waals surface area contributed by atoms with Gasteiger partial charge in [-0.1, -0.05) is 24.3 Å². The van der Waals surface area contributed by atoms with Gasteiger partial charge in [-0.15, -0.1) is 10.2 Å². The Bertz CT molecular complexity index is 1160. The van der Waals surface area contributed by atoms with Gasteiger partial charge < -0.3 is 9.73 Å². The fourth-order valence-corrected chi connectivity index (χ4v) is 3.29. The van der Waals surface area contributed by atoms with Crippen LogP contribution in [0.4, 0.5) is 0 Å². The molecule has 3 aromatic heterocycles. The second kappa shape index (κ2) is 7.22. The van der Waals surface area contributed by atoms with Crippen molar-refractivity contribution in [3.05, 3.63) is 59.4 Å². The standard InChI is InChI=1S/C20H20N6O2/c1-4-26-13(3)17(12(2)25-26)19(27)22-11-16-23-24-20(28-16)18-15-8-6-5-7-14(15)9-10-21-18/h5-10H,4,11H2,1-3H3,(H,22,27). The molecule has 0 bridgehead atoms. The number of nitrogens with zero attached hydrogens (tertiary/aromatic N) is 5.